The van der Waals surface area contributed by atoms with E-state index in [4.69, 9.17) is 9.47 Å². The number of carbonyl (C=O) groups is 1. The molecule has 2 N–H and O–H groups in total. The average molecular weight is 266 g/mol. The first-order chi connectivity index (χ1) is 9.21. The van der Waals surface area contributed by atoms with Crippen LogP contribution in [0.3, 0.4) is 0 Å². The van der Waals surface area contributed by atoms with Gasteiger partial charge in [-0.15, -0.1) is 0 Å². The van der Waals surface area contributed by atoms with E-state index in [2.05, 4.69) is 10.6 Å². The predicted molar refractivity (Wildman–Crippen MR) is 74.6 cm³/mol. The van der Waals surface area contributed by atoms with Gasteiger partial charge in [-0.3, -0.25) is 4.79 Å². The molecular formula is C14H22N2O3. The Bertz CT molecular complexity index is 408. The Balaban J connectivity index is 2.71. The molecule has 0 aliphatic heterocycles. The van der Waals surface area contributed by atoms with Crippen LogP contribution in [0.4, 0.5) is 0 Å². The largest absolute Gasteiger partial charge is 0.497 e. The first-order valence-corrected chi connectivity index (χ1v) is 6.48. The molecule has 0 aliphatic carbocycles. The van der Waals surface area contributed by atoms with Crippen molar-refractivity contribution >= 4 is 5.91 Å². The number of hydrogen-bond donors (Lipinski definition) is 2. The van der Waals surface area contributed by atoms with Crippen molar-refractivity contribution in [3.05, 3.63) is 23.8 Å². The van der Waals surface area contributed by atoms with Gasteiger partial charge < -0.3 is 20.1 Å². The lowest BCUT2D eigenvalue weighted by molar-refractivity contribution is -0.122. The van der Waals surface area contributed by atoms with Crippen molar-refractivity contribution in [3.63, 3.8) is 0 Å². The van der Waals surface area contributed by atoms with Crippen molar-refractivity contribution in [1.29, 1.82) is 0 Å². The fraction of sp³-hybridized carbons (Fsp3) is 0.500. The molecule has 1 aromatic rings. The molecule has 0 unspecified atom stereocenters. The number of benzene rings is 1. The average Bonchev–Trinajstić information content (AvgIpc) is 2.43. The third-order valence-electron chi connectivity index (χ3n) is 2.57. The van der Waals surface area contributed by atoms with E-state index in [1.54, 1.807) is 7.11 Å². The maximum absolute atomic E-state index is 11.4. The van der Waals surface area contributed by atoms with Crippen LogP contribution in [0.15, 0.2) is 18.2 Å². The summed E-state index contributed by atoms with van der Waals surface area (Å²) in [7, 11) is 1.63. The minimum absolute atomic E-state index is 0.0271. The van der Waals surface area contributed by atoms with Crippen molar-refractivity contribution in [3.8, 4) is 11.5 Å². The number of hydrogen-bond acceptors (Lipinski definition) is 4. The topological polar surface area (TPSA) is 59.6 Å². The van der Waals surface area contributed by atoms with Gasteiger partial charge in [0, 0.05) is 18.7 Å². The summed E-state index contributed by atoms with van der Waals surface area (Å²) in [6, 6.07) is 5.56. The fourth-order valence-corrected chi connectivity index (χ4v) is 1.61. The van der Waals surface area contributed by atoms with E-state index in [1.165, 1.54) is 0 Å². The van der Waals surface area contributed by atoms with Crippen LogP contribution in [0.1, 0.15) is 19.4 Å². The second-order valence-corrected chi connectivity index (χ2v) is 4.00. The second kappa shape index (κ2) is 8.37. The molecule has 0 radical (unpaired) electrons. The lowest BCUT2D eigenvalue weighted by atomic mass is 10.2. The highest BCUT2D eigenvalue weighted by atomic mass is 16.5. The van der Waals surface area contributed by atoms with Crippen LogP contribution in [0, 0.1) is 0 Å². The van der Waals surface area contributed by atoms with Crippen molar-refractivity contribution < 1.29 is 14.3 Å². The number of likely N-dealkylation sites (N-methyl/N-ethyl adjacent to an activating group) is 1. The third kappa shape index (κ3) is 5.18. The minimum atomic E-state index is -0.118. The van der Waals surface area contributed by atoms with Crippen molar-refractivity contribution in [2.24, 2.45) is 0 Å². The van der Waals surface area contributed by atoms with Crippen LogP contribution in [-0.4, -0.2) is 32.7 Å². The first kappa shape index (κ1) is 15.3. The van der Waals surface area contributed by atoms with Crippen LogP contribution in [0.5, 0.6) is 11.5 Å². The van der Waals surface area contributed by atoms with Crippen molar-refractivity contribution in [2.75, 3.05) is 26.8 Å². The summed E-state index contributed by atoms with van der Waals surface area (Å²) in [5.41, 5.74) is 0.977. The highest BCUT2D eigenvalue weighted by Gasteiger charge is 2.07. The maximum Gasteiger partial charge on any atom is 0.257 e. The van der Waals surface area contributed by atoms with Crippen LogP contribution < -0.4 is 20.1 Å². The Morgan fingerprint density at radius 1 is 1.26 bits per heavy atom. The highest BCUT2D eigenvalue weighted by molar-refractivity contribution is 5.77. The number of nitrogens with one attached hydrogen (secondary N) is 2. The van der Waals surface area contributed by atoms with E-state index in [1.807, 2.05) is 32.0 Å². The molecule has 0 heterocycles. The van der Waals surface area contributed by atoms with E-state index in [0.717, 1.165) is 17.9 Å². The maximum atomic E-state index is 11.4. The molecule has 0 aliphatic rings. The molecule has 1 aromatic carbocycles. The summed E-state index contributed by atoms with van der Waals surface area (Å²) in [5, 5.41) is 5.93. The van der Waals surface area contributed by atoms with E-state index in [9.17, 15) is 4.79 Å². The number of methoxy groups -OCH3 is 1. The van der Waals surface area contributed by atoms with Gasteiger partial charge in [-0.1, -0.05) is 6.92 Å². The lowest BCUT2D eigenvalue weighted by Gasteiger charge is -2.13. The summed E-state index contributed by atoms with van der Waals surface area (Å²) in [4.78, 5) is 11.4. The zero-order valence-corrected chi connectivity index (χ0v) is 11.8. The SMILES string of the molecule is CCNCc1cc(OC)ccc1OCC(=O)NCC. The van der Waals surface area contributed by atoms with Gasteiger partial charge in [0.1, 0.15) is 11.5 Å². The van der Waals surface area contributed by atoms with Crippen LogP contribution >= 0.6 is 0 Å². The summed E-state index contributed by atoms with van der Waals surface area (Å²) < 4.78 is 10.7. The predicted octanol–water partition coefficient (Wildman–Crippen LogP) is 1.32. The quantitative estimate of drug-likeness (QED) is 0.745. The summed E-state index contributed by atoms with van der Waals surface area (Å²) >= 11 is 0. The molecule has 0 fully saturated rings. The molecule has 0 saturated heterocycles. The summed E-state index contributed by atoms with van der Waals surface area (Å²) in [6.07, 6.45) is 0. The Morgan fingerprint density at radius 2 is 2.05 bits per heavy atom. The first-order valence-electron chi connectivity index (χ1n) is 6.48. The number of amides is 1. The Labute approximate surface area is 114 Å². The van der Waals surface area contributed by atoms with Gasteiger partial charge in [0.15, 0.2) is 6.61 Å². The standard InChI is InChI=1S/C14H22N2O3/c1-4-15-9-11-8-12(18-3)6-7-13(11)19-10-14(17)16-5-2/h6-8,15H,4-5,9-10H2,1-3H3,(H,16,17). The normalized spacial score (nSPS) is 10.1. The molecule has 0 saturated carbocycles. The molecule has 106 valence electrons. The lowest BCUT2D eigenvalue weighted by Crippen LogP contribution is -2.28. The van der Waals surface area contributed by atoms with E-state index >= 15 is 0 Å². The van der Waals surface area contributed by atoms with Crippen LogP contribution in [0.2, 0.25) is 0 Å². The molecule has 0 spiro atoms. The van der Waals surface area contributed by atoms with E-state index in [0.29, 0.717) is 18.8 Å². The smallest absolute Gasteiger partial charge is 0.257 e. The monoisotopic (exact) mass is 266 g/mol. The summed E-state index contributed by atoms with van der Waals surface area (Å²) in [6.45, 7) is 6.09. The van der Waals surface area contributed by atoms with Crippen LogP contribution in [0.25, 0.3) is 0 Å². The molecular weight excluding hydrogens is 244 g/mol. The van der Waals surface area contributed by atoms with Gasteiger partial charge in [0.05, 0.1) is 7.11 Å². The molecule has 0 bridgehead atoms. The molecule has 1 rings (SSSR count). The molecule has 5 nitrogen and oxygen atoms in total. The van der Waals surface area contributed by atoms with Crippen molar-refractivity contribution in [1.82, 2.24) is 10.6 Å². The zero-order valence-electron chi connectivity index (χ0n) is 11.8. The second-order valence-electron chi connectivity index (χ2n) is 4.00. The molecule has 0 atom stereocenters. The Kier molecular flexibility index (Phi) is 6.74. The van der Waals surface area contributed by atoms with Gasteiger partial charge in [0.2, 0.25) is 0 Å². The highest BCUT2D eigenvalue weighted by Crippen LogP contribution is 2.24. The van der Waals surface area contributed by atoms with Gasteiger partial charge in [-0.05, 0) is 31.7 Å². The number of carbonyl (C=O) groups excluding carboxylic acids is 1. The Morgan fingerprint density at radius 3 is 2.68 bits per heavy atom. The molecule has 1 amide bonds. The van der Waals surface area contributed by atoms with Gasteiger partial charge in [-0.25, -0.2) is 0 Å². The van der Waals surface area contributed by atoms with Gasteiger partial charge >= 0.3 is 0 Å². The van der Waals surface area contributed by atoms with E-state index < -0.39 is 0 Å². The zero-order chi connectivity index (χ0) is 14.1. The van der Waals surface area contributed by atoms with Crippen molar-refractivity contribution in [2.45, 2.75) is 20.4 Å². The number of ether oxygens (including phenoxy) is 2. The fourth-order valence-electron chi connectivity index (χ4n) is 1.61. The van der Waals surface area contributed by atoms with Gasteiger partial charge in [-0.2, -0.15) is 0 Å². The molecule has 0 aromatic heterocycles. The Hall–Kier alpha value is -1.75. The van der Waals surface area contributed by atoms with Gasteiger partial charge in [0.25, 0.3) is 5.91 Å². The number of rotatable bonds is 8. The summed E-state index contributed by atoms with van der Waals surface area (Å²) in [5.74, 6) is 1.36. The third-order valence-corrected chi connectivity index (χ3v) is 2.57. The molecule has 5 heteroatoms. The van der Waals surface area contributed by atoms with Crippen LogP contribution in [-0.2, 0) is 11.3 Å². The minimum Gasteiger partial charge on any atom is -0.497 e. The van der Waals surface area contributed by atoms with E-state index in [-0.39, 0.29) is 12.5 Å². The molecule has 19 heavy (non-hydrogen) atoms.